The minimum Gasteiger partial charge on any atom is -0.381 e. The van der Waals surface area contributed by atoms with Gasteiger partial charge in [-0.25, -0.2) is 0 Å². The molecule has 2 heterocycles. The molecule has 1 aliphatic heterocycles. The molecule has 1 aliphatic rings. The number of aromatic nitrogens is 1. The molecule has 1 aromatic heterocycles. The fourth-order valence-electron chi connectivity index (χ4n) is 4.28. The largest absolute Gasteiger partial charge is 0.381 e. The van der Waals surface area contributed by atoms with Gasteiger partial charge in [0, 0.05) is 42.9 Å². The molecule has 2 N–H and O–H groups in total. The van der Waals surface area contributed by atoms with Crippen LogP contribution in [0, 0.1) is 0 Å². The summed E-state index contributed by atoms with van der Waals surface area (Å²) in [6, 6.07) is 23.5. The Morgan fingerprint density at radius 1 is 0.964 bits per heavy atom. The number of likely N-dealkylation sites (tertiary alicyclic amines) is 1. The van der Waals surface area contributed by atoms with E-state index in [1.54, 1.807) is 6.20 Å². The van der Waals surface area contributed by atoms with Crippen molar-refractivity contribution in [2.45, 2.75) is 19.0 Å². The van der Waals surface area contributed by atoms with Gasteiger partial charge < -0.3 is 10.3 Å². The molecule has 3 aromatic carbocycles. The molecule has 1 fully saturated rings. The minimum absolute atomic E-state index is 0.0359. The number of hydrogen-bond donors (Lipinski definition) is 2. The fourth-order valence-corrected chi connectivity index (χ4v) is 4.28. The van der Waals surface area contributed by atoms with E-state index in [9.17, 15) is 4.79 Å². The smallest absolute Gasteiger partial charge is 0.255 e. The summed E-state index contributed by atoms with van der Waals surface area (Å²) in [5, 5.41) is 8.01. The highest BCUT2D eigenvalue weighted by Gasteiger charge is 2.22. The topological polar surface area (TPSA) is 48.1 Å². The van der Waals surface area contributed by atoms with Crippen LogP contribution in [0.3, 0.4) is 0 Å². The van der Waals surface area contributed by atoms with Crippen LogP contribution in [0.15, 0.2) is 77.7 Å². The molecule has 140 valence electrons. The van der Waals surface area contributed by atoms with Crippen LogP contribution in [0.1, 0.15) is 12.0 Å². The molecule has 0 spiro atoms. The van der Waals surface area contributed by atoms with Gasteiger partial charge in [0.05, 0.1) is 0 Å². The van der Waals surface area contributed by atoms with Crippen molar-refractivity contribution in [3.05, 3.63) is 88.8 Å². The molecular formula is C24H23N3O. The second kappa shape index (κ2) is 7.13. The van der Waals surface area contributed by atoms with Crippen LogP contribution < -0.4 is 10.9 Å². The molecule has 0 amide bonds. The zero-order chi connectivity index (χ0) is 18.9. The quantitative estimate of drug-likeness (QED) is 0.562. The number of nitrogens with one attached hydrogen (secondary N) is 2. The van der Waals surface area contributed by atoms with E-state index in [1.165, 1.54) is 16.3 Å². The highest BCUT2D eigenvalue weighted by molar-refractivity contribution is 5.86. The Kier molecular flexibility index (Phi) is 4.34. The number of benzene rings is 3. The van der Waals surface area contributed by atoms with Crippen molar-refractivity contribution < 1.29 is 0 Å². The standard InChI is InChI=1S/C24H23N3O/c28-24-23-9-8-20(14-18(23)10-12-25-24)26-21-11-13-27(16-21)15-19-6-3-5-17-4-1-2-7-22(17)19/h1-10,12,14,21,26H,11,13,15-16H2,(H,25,28)/t21-/m0/s1. The minimum atomic E-state index is -0.0359. The van der Waals surface area contributed by atoms with Crippen molar-refractivity contribution in [3.8, 4) is 0 Å². The van der Waals surface area contributed by atoms with E-state index in [1.807, 2.05) is 18.2 Å². The van der Waals surface area contributed by atoms with Gasteiger partial charge in [-0.05, 0) is 52.4 Å². The summed E-state index contributed by atoms with van der Waals surface area (Å²) in [7, 11) is 0. The number of aromatic amines is 1. The Balaban J connectivity index is 1.29. The molecule has 0 radical (unpaired) electrons. The first kappa shape index (κ1) is 17.0. The summed E-state index contributed by atoms with van der Waals surface area (Å²) in [4.78, 5) is 17.1. The maximum absolute atomic E-state index is 11.9. The van der Waals surface area contributed by atoms with Gasteiger partial charge in [-0.2, -0.15) is 0 Å². The molecule has 5 rings (SSSR count). The summed E-state index contributed by atoms with van der Waals surface area (Å²) >= 11 is 0. The maximum Gasteiger partial charge on any atom is 0.255 e. The molecule has 4 nitrogen and oxygen atoms in total. The molecule has 4 aromatic rings. The predicted octanol–water partition coefficient (Wildman–Crippen LogP) is 4.37. The maximum atomic E-state index is 11.9. The molecule has 1 saturated heterocycles. The van der Waals surface area contributed by atoms with E-state index in [0.717, 1.165) is 42.5 Å². The average molecular weight is 369 g/mol. The molecule has 1 atom stereocenters. The zero-order valence-electron chi connectivity index (χ0n) is 15.7. The number of nitrogens with zero attached hydrogens (tertiary/aromatic N) is 1. The normalized spacial score (nSPS) is 17.4. The van der Waals surface area contributed by atoms with Crippen LogP contribution in [-0.4, -0.2) is 29.0 Å². The summed E-state index contributed by atoms with van der Waals surface area (Å²) in [5.74, 6) is 0. The first-order valence-corrected chi connectivity index (χ1v) is 9.83. The summed E-state index contributed by atoms with van der Waals surface area (Å²) in [6.07, 6.45) is 2.83. The number of fused-ring (bicyclic) bond motifs is 2. The average Bonchev–Trinajstić information content (AvgIpc) is 3.15. The number of rotatable bonds is 4. The highest BCUT2D eigenvalue weighted by atomic mass is 16.1. The third-order valence-electron chi connectivity index (χ3n) is 5.69. The zero-order valence-corrected chi connectivity index (χ0v) is 15.7. The molecule has 4 heteroatoms. The van der Waals surface area contributed by atoms with Crippen LogP contribution in [-0.2, 0) is 6.54 Å². The van der Waals surface area contributed by atoms with Gasteiger partial charge in [0.1, 0.15) is 0 Å². The second-order valence-electron chi connectivity index (χ2n) is 7.61. The van der Waals surface area contributed by atoms with Gasteiger partial charge >= 0.3 is 0 Å². The number of pyridine rings is 1. The van der Waals surface area contributed by atoms with E-state index >= 15 is 0 Å². The summed E-state index contributed by atoms with van der Waals surface area (Å²) < 4.78 is 0. The summed E-state index contributed by atoms with van der Waals surface area (Å²) in [5.41, 5.74) is 2.44. The van der Waals surface area contributed by atoms with Crippen LogP contribution >= 0.6 is 0 Å². The van der Waals surface area contributed by atoms with Crippen molar-refractivity contribution in [1.29, 1.82) is 0 Å². The Hall–Kier alpha value is -3.11. The van der Waals surface area contributed by atoms with Crippen molar-refractivity contribution in [3.63, 3.8) is 0 Å². The lowest BCUT2D eigenvalue weighted by Gasteiger charge is -2.18. The second-order valence-corrected chi connectivity index (χ2v) is 7.61. The van der Waals surface area contributed by atoms with Gasteiger partial charge in [-0.1, -0.05) is 42.5 Å². The SMILES string of the molecule is O=c1[nH]ccc2cc(N[C@H]3CCN(Cc4cccc5ccccc45)C3)ccc12. The lowest BCUT2D eigenvalue weighted by atomic mass is 10.0. The third-order valence-corrected chi connectivity index (χ3v) is 5.69. The van der Waals surface area contributed by atoms with Gasteiger partial charge in [0.2, 0.25) is 0 Å². The van der Waals surface area contributed by atoms with Crippen LogP contribution in [0.5, 0.6) is 0 Å². The highest BCUT2D eigenvalue weighted by Crippen LogP contribution is 2.24. The van der Waals surface area contributed by atoms with E-state index in [0.29, 0.717) is 6.04 Å². The van der Waals surface area contributed by atoms with Crippen LogP contribution in [0.2, 0.25) is 0 Å². The van der Waals surface area contributed by atoms with E-state index in [-0.39, 0.29) is 5.56 Å². The van der Waals surface area contributed by atoms with Gasteiger partial charge in [0.25, 0.3) is 5.56 Å². The third kappa shape index (κ3) is 3.27. The van der Waals surface area contributed by atoms with E-state index in [4.69, 9.17) is 0 Å². The van der Waals surface area contributed by atoms with Gasteiger partial charge in [-0.3, -0.25) is 9.69 Å². The van der Waals surface area contributed by atoms with Crippen molar-refractivity contribution in [2.24, 2.45) is 0 Å². The number of anilines is 1. The first-order valence-electron chi connectivity index (χ1n) is 9.83. The van der Waals surface area contributed by atoms with E-state index in [2.05, 4.69) is 63.7 Å². The first-order chi connectivity index (χ1) is 13.8. The Bertz CT molecular complexity index is 1190. The lowest BCUT2D eigenvalue weighted by molar-refractivity contribution is 0.330. The lowest BCUT2D eigenvalue weighted by Crippen LogP contribution is -2.26. The van der Waals surface area contributed by atoms with Crippen molar-refractivity contribution >= 4 is 27.2 Å². The van der Waals surface area contributed by atoms with Crippen LogP contribution in [0.25, 0.3) is 21.5 Å². The number of H-pyrrole nitrogens is 1. The Labute approximate surface area is 163 Å². The summed E-state index contributed by atoms with van der Waals surface area (Å²) in [6.45, 7) is 3.09. The van der Waals surface area contributed by atoms with Gasteiger partial charge in [-0.15, -0.1) is 0 Å². The molecule has 0 saturated carbocycles. The Morgan fingerprint density at radius 2 is 1.86 bits per heavy atom. The number of hydrogen-bond acceptors (Lipinski definition) is 3. The van der Waals surface area contributed by atoms with Crippen molar-refractivity contribution in [2.75, 3.05) is 18.4 Å². The molecular weight excluding hydrogens is 346 g/mol. The fraction of sp³-hybridized carbons (Fsp3) is 0.208. The Morgan fingerprint density at radius 3 is 2.82 bits per heavy atom. The molecule has 0 bridgehead atoms. The van der Waals surface area contributed by atoms with Crippen LogP contribution in [0.4, 0.5) is 5.69 Å². The molecule has 28 heavy (non-hydrogen) atoms. The monoisotopic (exact) mass is 369 g/mol. The van der Waals surface area contributed by atoms with E-state index < -0.39 is 0 Å². The molecule has 0 aliphatic carbocycles. The predicted molar refractivity (Wildman–Crippen MR) is 116 cm³/mol. The molecule has 0 unspecified atom stereocenters. The van der Waals surface area contributed by atoms with Crippen molar-refractivity contribution in [1.82, 2.24) is 9.88 Å². The van der Waals surface area contributed by atoms with Gasteiger partial charge in [0.15, 0.2) is 0 Å².